The van der Waals surface area contributed by atoms with E-state index in [1.54, 1.807) is 0 Å². The third-order valence-electron chi connectivity index (χ3n) is 3.45. The van der Waals surface area contributed by atoms with Crippen molar-refractivity contribution < 1.29 is 4.79 Å². The van der Waals surface area contributed by atoms with Crippen LogP contribution in [0.2, 0.25) is 0 Å². The Morgan fingerprint density at radius 1 is 1.71 bits per heavy atom. The first kappa shape index (κ1) is 12.0. The van der Waals surface area contributed by atoms with Gasteiger partial charge in [0.2, 0.25) is 5.91 Å². The third kappa shape index (κ3) is 2.14. The fraction of sp³-hybridized carbons (Fsp3) is 0.800. The number of nitrogens with one attached hydrogen (secondary N) is 2. The van der Waals surface area contributed by atoms with E-state index in [4.69, 9.17) is 5.73 Å². The van der Waals surface area contributed by atoms with Crippen LogP contribution in [0.25, 0.3) is 0 Å². The molecule has 94 valence electrons. The summed E-state index contributed by atoms with van der Waals surface area (Å²) in [5, 5.41) is 16.4. The Morgan fingerprint density at radius 2 is 2.41 bits per heavy atom. The Hall–Kier alpha value is -1.50. The van der Waals surface area contributed by atoms with Crippen LogP contribution < -0.4 is 11.1 Å². The van der Waals surface area contributed by atoms with Crippen LogP contribution in [0.5, 0.6) is 0 Å². The number of amides is 1. The zero-order chi connectivity index (χ0) is 12.5. The number of rotatable bonds is 4. The first-order chi connectivity index (χ1) is 8.07. The highest BCUT2D eigenvalue weighted by Gasteiger charge is 2.47. The minimum atomic E-state index is -0.391. The molecular formula is C10H18N6O. The van der Waals surface area contributed by atoms with E-state index in [1.165, 1.54) is 0 Å². The van der Waals surface area contributed by atoms with Gasteiger partial charge in [-0.15, -0.1) is 10.2 Å². The average Bonchev–Trinajstić information content (AvgIpc) is 2.77. The topological polar surface area (TPSA) is 110 Å². The summed E-state index contributed by atoms with van der Waals surface area (Å²) in [5.41, 5.74) is 5.32. The van der Waals surface area contributed by atoms with Crippen molar-refractivity contribution in [3.63, 3.8) is 0 Å². The predicted molar refractivity (Wildman–Crippen MR) is 60.6 cm³/mol. The van der Waals surface area contributed by atoms with E-state index in [0.717, 1.165) is 12.8 Å². The number of nitrogens with two attached hydrogens (primary N) is 1. The number of nitrogens with zero attached hydrogens (tertiary/aromatic N) is 3. The van der Waals surface area contributed by atoms with Crippen LogP contribution in [0.3, 0.4) is 0 Å². The second-order valence-electron chi connectivity index (χ2n) is 4.96. The van der Waals surface area contributed by atoms with E-state index in [9.17, 15) is 4.79 Å². The van der Waals surface area contributed by atoms with E-state index in [0.29, 0.717) is 18.3 Å². The van der Waals surface area contributed by atoms with E-state index in [1.807, 2.05) is 6.92 Å². The lowest BCUT2D eigenvalue weighted by Crippen LogP contribution is -2.53. The van der Waals surface area contributed by atoms with Gasteiger partial charge in [-0.3, -0.25) is 4.79 Å². The minimum absolute atomic E-state index is 0.00426. The molecule has 0 radical (unpaired) electrons. The number of aromatic amines is 1. The molecular weight excluding hydrogens is 220 g/mol. The molecule has 17 heavy (non-hydrogen) atoms. The smallest absolute Gasteiger partial charge is 0.228 e. The summed E-state index contributed by atoms with van der Waals surface area (Å²) in [6.07, 6.45) is 1.71. The molecule has 2 rings (SSSR count). The van der Waals surface area contributed by atoms with Crippen LogP contribution in [0.1, 0.15) is 38.6 Å². The number of carbonyl (C=O) groups is 1. The third-order valence-corrected chi connectivity index (χ3v) is 3.45. The Balaban J connectivity index is 1.97. The van der Waals surface area contributed by atoms with Crippen LogP contribution in [0.4, 0.5) is 0 Å². The number of hydrogen-bond donors (Lipinski definition) is 3. The molecule has 1 saturated carbocycles. The highest BCUT2D eigenvalue weighted by Crippen LogP contribution is 2.45. The number of H-pyrrole nitrogens is 1. The highest BCUT2D eigenvalue weighted by molar-refractivity contribution is 5.84. The molecule has 0 bridgehead atoms. The first-order valence-corrected chi connectivity index (χ1v) is 5.82. The largest absolute Gasteiger partial charge is 0.346 e. The lowest BCUT2D eigenvalue weighted by Gasteiger charge is -2.44. The molecule has 0 aromatic carbocycles. The van der Waals surface area contributed by atoms with Crippen molar-refractivity contribution in [1.29, 1.82) is 0 Å². The van der Waals surface area contributed by atoms with E-state index in [2.05, 4.69) is 32.9 Å². The van der Waals surface area contributed by atoms with Crippen LogP contribution in [-0.2, 0) is 4.79 Å². The van der Waals surface area contributed by atoms with Crippen molar-refractivity contribution in [3.8, 4) is 0 Å². The van der Waals surface area contributed by atoms with Gasteiger partial charge in [-0.2, -0.15) is 5.21 Å². The van der Waals surface area contributed by atoms with Crippen molar-refractivity contribution in [2.24, 2.45) is 17.1 Å². The summed E-state index contributed by atoms with van der Waals surface area (Å²) in [6, 6.07) is -0.249. The quantitative estimate of drug-likeness (QED) is 0.670. The Morgan fingerprint density at radius 3 is 2.88 bits per heavy atom. The monoisotopic (exact) mass is 238 g/mol. The van der Waals surface area contributed by atoms with Crippen LogP contribution >= 0.6 is 0 Å². The standard InChI is InChI=1S/C10H18N6O/c1-6-3-10(4-6,5-11)9(17)12-7(2)8-13-15-16-14-8/h6-7H,3-5,11H2,1-2H3,(H,12,17)(H,13,14,15,16). The van der Waals surface area contributed by atoms with Gasteiger partial charge in [0.15, 0.2) is 5.82 Å². The van der Waals surface area contributed by atoms with Gasteiger partial charge in [0.05, 0.1) is 11.5 Å². The fourth-order valence-corrected chi connectivity index (χ4v) is 2.49. The fourth-order valence-electron chi connectivity index (χ4n) is 2.49. The Kier molecular flexibility index (Phi) is 3.10. The number of carbonyl (C=O) groups excluding carboxylic acids is 1. The van der Waals surface area contributed by atoms with Crippen LogP contribution in [0.15, 0.2) is 0 Å². The molecule has 0 spiro atoms. The van der Waals surface area contributed by atoms with Crippen molar-refractivity contribution in [1.82, 2.24) is 25.9 Å². The molecule has 0 aliphatic heterocycles. The summed E-state index contributed by atoms with van der Waals surface area (Å²) in [6.45, 7) is 4.35. The minimum Gasteiger partial charge on any atom is -0.346 e. The zero-order valence-electron chi connectivity index (χ0n) is 10.1. The molecule has 1 aliphatic rings. The lowest BCUT2D eigenvalue weighted by atomic mass is 9.62. The number of hydrogen-bond acceptors (Lipinski definition) is 5. The van der Waals surface area contributed by atoms with E-state index >= 15 is 0 Å². The van der Waals surface area contributed by atoms with Crippen LogP contribution in [-0.4, -0.2) is 33.1 Å². The van der Waals surface area contributed by atoms with Crippen molar-refractivity contribution in [3.05, 3.63) is 5.82 Å². The Labute approximate surface area is 99.5 Å². The van der Waals surface area contributed by atoms with E-state index < -0.39 is 5.41 Å². The summed E-state index contributed by atoms with van der Waals surface area (Å²) < 4.78 is 0. The van der Waals surface area contributed by atoms with E-state index in [-0.39, 0.29) is 11.9 Å². The number of tetrazole rings is 1. The van der Waals surface area contributed by atoms with Gasteiger partial charge in [-0.1, -0.05) is 12.1 Å². The molecule has 1 fully saturated rings. The molecule has 1 amide bonds. The maximum atomic E-state index is 12.2. The molecule has 1 aromatic heterocycles. The molecule has 7 nitrogen and oxygen atoms in total. The first-order valence-electron chi connectivity index (χ1n) is 5.82. The molecule has 7 heteroatoms. The molecule has 1 atom stereocenters. The van der Waals surface area contributed by atoms with Gasteiger partial charge in [0.25, 0.3) is 0 Å². The molecule has 1 aromatic rings. The van der Waals surface area contributed by atoms with Crippen LogP contribution in [0, 0.1) is 11.3 Å². The zero-order valence-corrected chi connectivity index (χ0v) is 10.1. The van der Waals surface area contributed by atoms with Gasteiger partial charge >= 0.3 is 0 Å². The van der Waals surface area contributed by atoms with Crippen molar-refractivity contribution in [2.75, 3.05) is 6.54 Å². The summed E-state index contributed by atoms with van der Waals surface area (Å²) in [4.78, 5) is 12.2. The second-order valence-corrected chi connectivity index (χ2v) is 4.96. The summed E-state index contributed by atoms with van der Waals surface area (Å²) in [5.74, 6) is 1.05. The molecule has 1 heterocycles. The van der Waals surface area contributed by atoms with Crippen molar-refractivity contribution in [2.45, 2.75) is 32.7 Å². The SMILES string of the molecule is CC1CC(CN)(C(=O)NC(C)c2nn[nH]n2)C1. The van der Waals surface area contributed by atoms with Gasteiger partial charge in [0.1, 0.15) is 0 Å². The molecule has 0 saturated heterocycles. The van der Waals surface area contributed by atoms with Gasteiger partial charge < -0.3 is 11.1 Å². The second kappa shape index (κ2) is 4.40. The highest BCUT2D eigenvalue weighted by atomic mass is 16.2. The van der Waals surface area contributed by atoms with Gasteiger partial charge in [-0.05, 0) is 25.7 Å². The molecule has 1 unspecified atom stereocenters. The molecule has 4 N–H and O–H groups in total. The maximum Gasteiger partial charge on any atom is 0.228 e. The maximum absolute atomic E-state index is 12.2. The van der Waals surface area contributed by atoms with Gasteiger partial charge in [0, 0.05) is 6.54 Å². The normalized spacial score (nSPS) is 29.5. The predicted octanol–water partition coefficient (Wildman–Crippen LogP) is -0.248. The van der Waals surface area contributed by atoms with Crippen molar-refractivity contribution >= 4 is 5.91 Å². The molecule has 1 aliphatic carbocycles. The summed E-state index contributed by atoms with van der Waals surface area (Å²) in [7, 11) is 0. The number of aromatic nitrogens is 4. The van der Waals surface area contributed by atoms with Gasteiger partial charge in [-0.25, -0.2) is 0 Å². The average molecular weight is 238 g/mol. The lowest BCUT2D eigenvalue weighted by molar-refractivity contribution is -0.138. The Bertz CT molecular complexity index is 384. The summed E-state index contributed by atoms with van der Waals surface area (Å²) >= 11 is 0.